The topological polar surface area (TPSA) is 56.7 Å². The van der Waals surface area contributed by atoms with Crippen molar-refractivity contribution in [1.82, 2.24) is 14.8 Å². The Morgan fingerprint density at radius 2 is 2.23 bits per heavy atom. The molecule has 0 aromatic carbocycles. The van der Waals surface area contributed by atoms with Gasteiger partial charge in [0, 0.05) is 44.0 Å². The molecule has 5 nitrogen and oxygen atoms in total. The molecule has 2 aliphatic rings. The fourth-order valence-electron chi connectivity index (χ4n) is 3.21. The minimum Gasteiger partial charge on any atom is -0.392 e. The van der Waals surface area contributed by atoms with Crippen molar-refractivity contribution in [2.24, 2.45) is 0 Å². The summed E-state index contributed by atoms with van der Waals surface area (Å²) < 4.78 is 0. The number of carbonyl (C=O) groups is 1. The number of hydrogen-bond acceptors (Lipinski definition) is 4. The monoisotopic (exact) mass is 303 g/mol. The number of hydrogen-bond donors (Lipinski definition) is 1. The van der Waals surface area contributed by atoms with Gasteiger partial charge in [-0.05, 0) is 24.0 Å². The van der Waals surface area contributed by atoms with E-state index in [-0.39, 0.29) is 12.0 Å². The fourth-order valence-corrected chi connectivity index (χ4v) is 3.21. The lowest BCUT2D eigenvalue weighted by molar-refractivity contribution is -0.133. The number of fused-ring (bicyclic) bond motifs is 1. The van der Waals surface area contributed by atoms with E-state index in [9.17, 15) is 9.90 Å². The van der Waals surface area contributed by atoms with E-state index in [0.717, 1.165) is 37.3 Å². The van der Waals surface area contributed by atoms with E-state index in [1.54, 1.807) is 0 Å². The van der Waals surface area contributed by atoms with Gasteiger partial charge < -0.3 is 10.0 Å². The van der Waals surface area contributed by atoms with Crippen molar-refractivity contribution in [2.75, 3.05) is 26.2 Å². The highest BCUT2D eigenvalue weighted by atomic mass is 16.3. The largest absolute Gasteiger partial charge is 0.392 e. The van der Waals surface area contributed by atoms with E-state index in [1.807, 2.05) is 9.80 Å². The summed E-state index contributed by atoms with van der Waals surface area (Å²) in [4.78, 5) is 21.1. The maximum Gasteiger partial charge on any atom is 0.237 e. The van der Waals surface area contributed by atoms with Gasteiger partial charge in [0.05, 0.1) is 12.6 Å². The predicted molar refractivity (Wildman–Crippen MR) is 84.5 cm³/mol. The number of aromatic nitrogens is 1. The number of likely N-dealkylation sites (tertiary alicyclic amines) is 1. The maximum atomic E-state index is 12.4. The van der Waals surface area contributed by atoms with E-state index >= 15 is 0 Å². The molecule has 0 spiro atoms. The lowest BCUT2D eigenvalue weighted by Crippen LogP contribution is -2.42. The van der Waals surface area contributed by atoms with Crippen LogP contribution in [0.15, 0.2) is 12.1 Å². The van der Waals surface area contributed by atoms with Gasteiger partial charge in [0.1, 0.15) is 0 Å². The van der Waals surface area contributed by atoms with Crippen LogP contribution >= 0.6 is 0 Å². The van der Waals surface area contributed by atoms with Gasteiger partial charge in [-0.1, -0.05) is 19.9 Å². The van der Waals surface area contributed by atoms with E-state index < -0.39 is 0 Å². The molecule has 1 atom stereocenters. The quantitative estimate of drug-likeness (QED) is 0.910. The molecule has 0 unspecified atom stereocenters. The molecule has 1 aromatic rings. The minimum absolute atomic E-state index is 0.160. The molecule has 1 aromatic heterocycles. The standard InChI is InChI=1S/C17H25N3O2/c1-12(2)15-4-3-13-9-20(8-6-16(13)18-15)17(22)11-19-7-5-14(21)10-19/h3-4,12,14,21H,5-11H2,1-2H3/t14-/m1/s1. The minimum atomic E-state index is -0.270. The van der Waals surface area contributed by atoms with Gasteiger partial charge in [-0.2, -0.15) is 0 Å². The van der Waals surface area contributed by atoms with Gasteiger partial charge in [-0.3, -0.25) is 14.7 Å². The second-order valence-corrected chi connectivity index (χ2v) is 6.74. The van der Waals surface area contributed by atoms with Crippen molar-refractivity contribution in [3.8, 4) is 0 Å². The summed E-state index contributed by atoms with van der Waals surface area (Å²) in [5.41, 5.74) is 3.45. The lowest BCUT2D eigenvalue weighted by atomic mass is 10.0. The molecule has 2 aliphatic heterocycles. The van der Waals surface area contributed by atoms with Crippen LogP contribution in [0.3, 0.4) is 0 Å². The molecule has 22 heavy (non-hydrogen) atoms. The number of β-amino-alcohol motifs (C(OH)–C–C–N with tert-alkyl or cyclic N) is 1. The molecule has 5 heteroatoms. The van der Waals surface area contributed by atoms with Crippen LogP contribution in [-0.4, -0.2) is 58.1 Å². The summed E-state index contributed by atoms with van der Waals surface area (Å²) in [6.07, 6.45) is 1.34. The Hall–Kier alpha value is -1.46. The second kappa shape index (κ2) is 6.34. The molecule has 120 valence electrons. The van der Waals surface area contributed by atoms with Crippen LogP contribution in [-0.2, 0) is 17.8 Å². The zero-order valence-corrected chi connectivity index (χ0v) is 13.5. The second-order valence-electron chi connectivity index (χ2n) is 6.74. The fraction of sp³-hybridized carbons (Fsp3) is 0.647. The molecule has 0 saturated carbocycles. The summed E-state index contributed by atoms with van der Waals surface area (Å²) in [6.45, 7) is 7.57. The predicted octanol–water partition coefficient (Wildman–Crippen LogP) is 1.16. The third-order valence-corrected chi connectivity index (χ3v) is 4.62. The smallest absolute Gasteiger partial charge is 0.237 e. The van der Waals surface area contributed by atoms with E-state index in [1.165, 1.54) is 5.56 Å². The van der Waals surface area contributed by atoms with Gasteiger partial charge in [0.2, 0.25) is 5.91 Å². The van der Waals surface area contributed by atoms with Gasteiger partial charge in [-0.25, -0.2) is 0 Å². The third-order valence-electron chi connectivity index (χ3n) is 4.62. The molecule has 0 aliphatic carbocycles. The highest BCUT2D eigenvalue weighted by molar-refractivity contribution is 5.78. The first-order valence-electron chi connectivity index (χ1n) is 8.20. The van der Waals surface area contributed by atoms with Crippen LogP contribution in [0.2, 0.25) is 0 Å². The number of nitrogens with zero attached hydrogens (tertiary/aromatic N) is 3. The van der Waals surface area contributed by atoms with Gasteiger partial charge in [0.15, 0.2) is 0 Å². The molecular formula is C17H25N3O2. The van der Waals surface area contributed by atoms with E-state index in [2.05, 4.69) is 26.0 Å². The van der Waals surface area contributed by atoms with Crippen molar-refractivity contribution in [3.63, 3.8) is 0 Å². The molecule has 1 N–H and O–H groups in total. The summed E-state index contributed by atoms with van der Waals surface area (Å²) in [5, 5.41) is 9.55. The Morgan fingerprint density at radius 3 is 2.91 bits per heavy atom. The highest BCUT2D eigenvalue weighted by Gasteiger charge is 2.26. The van der Waals surface area contributed by atoms with Gasteiger partial charge in [-0.15, -0.1) is 0 Å². The summed E-state index contributed by atoms with van der Waals surface area (Å²) in [5.74, 6) is 0.597. The van der Waals surface area contributed by atoms with Gasteiger partial charge >= 0.3 is 0 Å². The first-order chi connectivity index (χ1) is 10.5. The van der Waals surface area contributed by atoms with Crippen LogP contribution < -0.4 is 0 Å². The Balaban J connectivity index is 1.62. The zero-order chi connectivity index (χ0) is 15.7. The van der Waals surface area contributed by atoms with Crippen LogP contribution in [0, 0.1) is 0 Å². The Labute approximate surface area is 131 Å². The van der Waals surface area contributed by atoms with Crippen molar-refractivity contribution in [1.29, 1.82) is 0 Å². The van der Waals surface area contributed by atoms with Crippen molar-refractivity contribution in [3.05, 3.63) is 29.1 Å². The number of carbonyl (C=O) groups excluding carboxylic acids is 1. The Bertz CT molecular complexity index is 559. The highest BCUT2D eigenvalue weighted by Crippen LogP contribution is 2.21. The zero-order valence-electron chi connectivity index (χ0n) is 13.5. The average Bonchev–Trinajstić information content (AvgIpc) is 2.91. The summed E-state index contributed by atoms with van der Waals surface area (Å²) in [7, 11) is 0. The molecule has 1 amide bonds. The third kappa shape index (κ3) is 3.31. The van der Waals surface area contributed by atoms with Crippen molar-refractivity contribution in [2.45, 2.75) is 45.3 Å². The molecule has 0 radical (unpaired) electrons. The first kappa shape index (κ1) is 15.4. The van der Waals surface area contributed by atoms with Crippen LogP contribution in [0.5, 0.6) is 0 Å². The van der Waals surface area contributed by atoms with Gasteiger partial charge in [0.25, 0.3) is 0 Å². The molecule has 3 rings (SSSR count). The Kier molecular flexibility index (Phi) is 4.45. The summed E-state index contributed by atoms with van der Waals surface area (Å²) >= 11 is 0. The van der Waals surface area contributed by atoms with Crippen molar-refractivity contribution >= 4 is 5.91 Å². The van der Waals surface area contributed by atoms with Crippen LogP contribution in [0.25, 0.3) is 0 Å². The first-order valence-corrected chi connectivity index (χ1v) is 8.20. The molecule has 1 fully saturated rings. The lowest BCUT2D eigenvalue weighted by Gasteiger charge is -2.30. The molecule has 1 saturated heterocycles. The summed E-state index contributed by atoms with van der Waals surface area (Å²) in [6, 6.07) is 4.20. The number of amides is 1. The number of aliphatic hydroxyl groups is 1. The van der Waals surface area contributed by atoms with Crippen LogP contribution in [0.4, 0.5) is 0 Å². The molecule has 0 bridgehead atoms. The number of aliphatic hydroxyl groups excluding tert-OH is 1. The van der Waals surface area contributed by atoms with Crippen LogP contribution in [0.1, 0.15) is 43.1 Å². The van der Waals surface area contributed by atoms with E-state index in [0.29, 0.717) is 25.6 Å². The molecular weight excluding hydrogens is 278 g/mol. The normalized spacial score (nSPS) is 22.2. The SMILES string of the molecule is CC(C)c1ccc2c(n1)CCN(C(=O)CN1CC[C@@H](O)C1)C2. The number of rotatable bonds is 3. The number of pyridine rings is 1. The maximum absolute atomic E-state index is 12.4. The van der Waals surface area contributed by atoms with E-state index in [4.69, 9.17) is 4.98 Å². The Morgan fingerprint density at radius 1 is 1.41 bits per heavy atom. The average molecular weight is 303 g/mol. The molecule has 3 heterocycles. The van der Waals surface area contributed by atoms with Crippen molar-refractivity contribution < 1.29 is 9.90 Å².